The lowest BCUT2D eigenvalue weighted by Crippen LogP contribution is -2.25. The second-order valence-electron chi connectivity index (χ2n) is 10.3. The number of methoxy groups -OCH3 is 1. The molecule has 1 heterocycles. The van der Waals surface area contributed by atoms with Gasteiger partial charge in [-0.05, 0) is 63.6 Å². The van der Waals surface area contributed by atoms with E-state index in [4.69, 9.17) is 4.98 Å². The molecular weight excluding hydrogens is 484 g/mol. The maximum atomic E-state index is 11.4. The van der Waals surface area contributed by atoms with Crippen LogP contribution in [0.15, 0.2) is 78.9 Å². The lowest BCUT2D eigenvalue weighted by molar-refractivity contribution is -0.134. The van der Waals surface area contributed by atoms with Crippen LogP contribution < -0.4 is 9.80 Å². The number of hydrogen-bond acceptors (Lipinski definition) is 5. The molecule has 39 heavy (non-hydrogen) atoms. The molecule has 202 valence electrons. The number of imidazole rings is 1. The summed E-state index contributed by atoms with van der Waals surface area (Å²) in [6.45, 7) is 8.74. The SMILES string of the molecule is COC(=O)C=Cc1ccc(-c2nc(-c3ccc(N(C)C(C)C)cc3)c(-c3ccc(N(C)C(C)C)cc3)[nH]2)cc1. The smallest absolute Gasteiger partial charge is 0.330 e. The van der Waals surface area contributed by atoms with Crippen molar-refractivity contribution in [2.24, 2.45) is 0 Å². The molecule has 0 unspecified atom stereocenters. The van der Waals surface area contributed by atoms with E-state index in [2.05, 4.69) is 110 Å². The number of ether oxygens (including phenoxy) is 1. The minimum Gasteiger partial charge on any atom is -0.466 e. The zero-order chi connectivity index (χ0) is 28.1. The highest BCUT2D eigenvalue weighted by Crippen LogP contribution is 2.35. The third-order valence-corrected chi connectivity index (χ3v) is 7.16. The van der Waals surface area contributed by atoms with Crippen molar-refractivity contribution in [1.82, 2.24) is 9.97 Å². The fourth-order valence-electron chi connectivity index (χ4n) is 4.23. The highest BCUT2D eigenvalue weighted by molar-refractivity contribution is 5.87. The van der Waals surface area contributed by atoms with Crippen LogP contribution in [0.5, 0.6) is 0 Å². The third kappa shape index (κ3) is 6.40. The molecular formula is C33H38N4O2. The molecule has 1 aromatic heterocycles. The van der Waals surface area contributed by atoms with Crippen molar-refractivity contribution in [3.05, 3.63) is 84.4 Å². The molecule has 3 aromatic carbocycles. The van der Waals surface area contributed by atoms with Crippen LogP contribution in [0.3, 0.4) is 0 Å². The molecule has 0 spiro atoms. The van der Waals surface area contributed by atoms with Gasteiger partial charge in [-0.15, -0.1) is 0 Å². The van der Waals surface area contributed by atoms with Gasteiger partial charge in [-0.3, -0.25) is 0 Å². The van der Waals surface area contributed by atoms with Gasteiger partial charge >= 0.3 is 5.97 Å². The van der Waals surface area contributed by atoms with Crippen LogP contribution in [0.25, 0.3) is 40.0 Å². The predicted octanol–water partition coefficient (Wildman–Crippen LogP) is 7.29. The molecule has 4 rings (SSSR count). The summed E-state index contributed by atoms with van der Waals surface area (Å²) < 4.78 is 4.68. The van der Waals surface area contributed by atoms with Crippen molar-refractivity contribution in [1.29, 1.82) is 0 Å². The van der Waals surface area contributed by atoms with E-state index in [9.17, 15) is 4.79 Å². The van der Waals surface area contributed by atoms with Crippen LogP contribution in [0.2, 0.25) is 0 Å². The van der Waals surface area contributed by atoms with Crippen LogP contribution in [-0.2, 0) is 9.53 Å². The number of H-pyrrole nitrogens is 1. The minimum absolute atomic E-state index is 0.379. The molecule has 0 atom stereocenters. The molecule has 0 saturated carbocycles. The highest BCUT2D eigenvalue weighted by Gasteiger charge is 2.17. The Kier molecular flexibility index (Phi) is 8.55. The van der Waals surface area contributed by atoms with Crippen LogP contribution in [0.4, 0.5) is 11.4 Å². The summed E-state index contributed by atoms with van der Waals surface area (Å²) in [5.41, 5.74) is 8.22. The first-order chi connectivity index (χ1) is 18.7. The molecule has 0 fully saturated rings. The summed E-state index contributed by atoms with van der Waals surface area (Å²) in [5, 5.41) is 0. The molecule has 0 aliphatic carbocycles. The topological polar surface area (TPSA) is 61.5 Å². The van der Waals surface area contributed by atoms with Gasteiger partial charge in [0.25, 0.3) is 0 Å². The molecule has 6 heteroatoms. The van der Waals surface area contributed by atoms with E-state index in [0.717, 1.165) is 39.5 Å². The number of esters is 1. The van der Waals surface area contributed by atoms with E-state index in [-0.39, 0.29) is 5.97 Å². The lowest BCUT2D eigenvalue weighted by atomic mass is 10.0. The number of rotatable bonds is 9. The van der Waals surface area contributed by atoms with E-state index in [1.165, 1.54) is 24.6 Å². The quantitative estimate of drug-likeness (QED) is 0.185. The number of hydrogen-bond donors (Lipinski definition) is 1. The summed E-state index contributed by atoms with van der Waals surface area (Å²) in [6.07, 6.45) is 3.15. The van der Waals surface area contributed by atoms with Crippen LogP contribution in [0, 0.1) is 0 Å². The third-order valence-electron chi connectivity index (χ3n) is 7.16. The zero-order valence-corrected chi connectivity index (χ0v) is 23.9. The number of carbonyl (C=O) groups excluding carboxylic acids is 1. The highest BCUT2D eigenvalue weighted by atomic mass is 16.5. The summed E-state index contributed by atoms with van der Waals surface area (Å²) >= 11 is 0. The van der Waals surface area contributed by atoms with Gasteiger partial charge in [0.05, 0.1) is 18.5 Å². The fraction of sp³-hybridized carbons (Fsp3) is 0.273. The van der Waals surface area contributed by atoms with Gasteiger partial charge in [0.15, 0.2) is 0 Å². The average molecular weight is 523 g/mol. The second kappa shape index (κ2) is 12.0. The summed E-state index contributed by atoms with van der Waals surface area (Å²) in [7, 11) is 5.59. The summed E-state index contributed by atoms with van der Waals surface area (Å²) in [5.74, 6) is 0.408. The van der Waals surface area contributed by atoms with Gasteiger partial charge in [-0.2, -0.15) is 0 Å². The number of nitrogens with one attached hydrogen (secondary N) is 1. The number of carbonyl (C=O) groups is 1. The Labute approximate surface area is 232 Å². The van der Waals surface area contributed by atoms with Crippen molar-refractivity contribution in [2.75, 3.05) is 31.0 Å². The van der Waals surface area contributed by atoms with E-state index in [1.54, 1.807) is 6.08 Å². The van der Waals surface area contributed by atoms with Crippen molar-refractivity contribution < 1.29 is 9.53 Å². The number of benzene rings is 3. The Bertz CT molecular complexity index is 1340. The molecule has 1 N–H and O–H groups in total. The first-order valence-electron chi connectivity index (χ1n) is 13.3. The molecule has 4 aromatic rings. The Balaban J connectivity index is 1.74. The average Bonchev–Trinajstić information content (AvgIpc) is 3.41. The number of nitrogens with zero attached hydrogens (tertiary/aromatic N) is 3. The Morgan fingerprint density at radius 2 is 1.26 bits per heavy atom. The summed E-state index contributed by atoms with van der Waals surface area (Å²) in [6, 6.07) is 25.9. The molecule has 6 nitrogen and oxygen atoms in total. The number of aromatic nitrogens is 2. The van der Waals surface area contributed by atoms with Crippen LogP contribution >= 0.6 is 0 Å². The van der Waals surface area contributed by atoms with Crippen molar-refractivity contribution in [3.63, 3.8) is 0 Å². The van der Waals surface area contributed by atoms with Gasteiger partial charge in [-0.25, -0.2) is 9.78 Å². The second-order valence-corrected chi connectivity index (χ2v) is 10.3. The van der Waals surface area contributed by atoms with E-state index < -0.39 is 0 Å². The Morgan fingerprint density at radius 1 is 0.769 bits per heavy atom. The van der Waals surface area contributed by atoms with Crippen molar-refractivity contribution >= 4 is 23.4 Å². The molecule has 0 saturated heterocycles. The van der Waals surface area contributed by atoms with Gasteiger partial charge in [0, 0.05) is 60.3 Å². The van der Waals surface area contributed by atoms with Crippen LogP contribution in [-0.4, -0.2) is 49.2 Å². The molecule has 0 bridgehead atoms. The Hall–Kier alpha value is -4.32. The normalized spacial score (nSPS) is 11.4. The first kappa shape index (κ1) is 27.7. The maximum absolute atomic E-state index is 11.4. The van der Waals surface area contributed by atoms with E-state index in [1.807, 2.05) is 24.3 Å². The number of aromatic amines is 1. The standard InChI is InChI=1S/C33H38N4O2/c1-22(2)36(5)28-17-13-25(14-18-28)31-32(26-15-19-29(20-16-26)37(6)23(3)4)35-33(34-31)27-11-8-24(9-12-27)10-21-30(38)39-7/h8-23H,1-7H3,(H,34,35). The van der Waals surface area contributed by atoms with Gasteiger partial charge in [0.1, 0.15) is 5.82 Å². The first-order valence-corrected chi connectivity index (χ1v) is 13.3. The van der Waals surface area contributed by atoms with Gasteiger partial charge < -0.3 is 19.5 Å². The molecule has 0 aliphatic rings. The lowest BCUT2D eigenvalue weighted by Gasteiger charge is -2.24. The van der Waals surface area contributed by atoms with Crippen LogP contribution in [0.1, 0.15) is 33.3 Å². The fourth-order valence-corrected chi connectivity index (χ4v) is 4.23. The van der Waals surface area contributed by atoms with Gasteiger partial charge in [0.2, 0.25) is 0 Å². The zero-order valence-electron chi connectivity index (χ0n) is 23.9. The van der Waals surface area contributed by atoms with Crippen molar-refractivity contribution in [2.45, 2.75) is 39.8 Å². The van der Waals surface area contributed by atoms with E-state index in [0.29, 0.717) is 12.1 Å². The molecule has 0 radical (unpaired) electrons. The van der Waals surface area contributed by atoms with E-state index >= 15 is 0 Å². The summed E-state index contributed by atoms with van der Waals surface area (Å²) in [4.78, 5) is 24.6. The Morgan fingerprint density at radius 3 is 1.74 bits per heavy atom. The molecule has 0 amide bonds. The minimum atomic E-state index is -0.379. The number of anilines is 2. The maximum Gasteiger partial charge on any atom is 0.330 e. The van der Waals surface area contributed by atoms with Crippen molar-refractivity contribution in [3.8, 4) is 33.9 Å². The predicted molar refractivity (Wildman–Crippen MR) is 163 cm³/mol. The molecule has 0 aliphatic heterocycles. The largest absolute Gasteiger partial charge is 0.466 e. The van der Waals surface area contributed by atoms with Gasteiger partial charge in [-0.1, -0.05) is 48.5 Å². The monoisotopic (exact) mass is 522 g/mol.